The van der Waals surface area contributed by atoms with E-state index in [1.165, 1.54) is 22.4 Å². The first kappa shape index (κ1) is 19.3. The summed E-state index contributed by atoms with van der Waals surface area (Å²) < 4.78 is 0. The molecule has 0 unspecified atom stereocenters. The molecule has 25 heavy (non-hydrogen) atoms. The highest BCUT2D eigenvalue weighted by Gasteiger charge is 2.15. The molecule has 0 spiro atoms. The zero-order valence-electron chi connectivity index (χ0n) is 15.6. The van der Waals surface area contributed by atoms with E-state index in [9.17, 15) is 0 Å². The van der Waals surface area contributed by atoms with Crippen molar-refractivity contribution in [3.63, 3.8) is 0 Å². The fraction of sp³-hybridized carbons (Fsp3) is 0.333. The van der Waals surface area contributed by atoms with Crippen molar-refractivity contribution in [1.29, 1.82) is 0 Å². The highest BCUT2D eigenvalue weighted by Crippen LogP contribution is 2.29. The summed E-state index contributed by atoms with van der Waals surface area (Å²) in [4.78, 5) is 8.87. The minimum absolute atomic E-state index is 0.826. The molecule has 1 N–H and O–H groups in total. The molecule has 0 amide bonds. The van der Waals surface area contributed by atoms with Crippen LogP contribution < -0.4 is 5.32 Å². The van der Waals surface area contributed by atoms with E-state index in [-0.39, 0.29) is 0 Å². The summed E-state index contributed by atoms with van der Waals surface area (Å²) in [7, 11) is 1.76. The number of nitrogens with one attached hydrogen (secondary N) is 1. The molecule has 0 aromatic heterocycles. The van der Waals surface area contributed by atoms with Gasteiger partial charge in [0.25, 0.3) is 0 Å². The van der Waals surface area contributed by atoms with Crippen LogP contribution >= 0.6 is 11.8 Å². The van der Waals surface area contributed by atoms with Crippen molar-refractivity contribution in [2.24, 2.45) is 9.98 Å². The lowest BCUT2D eigenvalue weighted by atomic mass is 10.1. The van der Waals surface area contributed by atoms with Gasteiger partial charge in [0.05, 0.1) is 10.7 Å². The number of aliphatic imine (C=N–C) groups is 2. The molecule has 0 atom stereocenters. The van der Waals surface area contributed by atoms with Gasteiger partial charge in [-0.2, -0.15) is 0 Å². The van der Waals surface area contributed by atoms with Crippen LogP contribution in [0.3, 0.4) is 0 Å². The van der Waals surface area contributed by atoms with E-state index in [0.717, 1.165) is 40.6 Å². The van der Waals surface area contributed by atoms with Gasteiger partial charge in [-0.1, -0.05) is 37.8 Å². The van der Waals surface area contributed by atoms with Crippen LogP contribution in [0, 0.1) is 0 Å². The van der Waals surface area contributed by atoms with Crippen LogP contribution in [-0.4, -0.2) is 24.7 Å². The summed E-state index contributed by atoms with van der Waals surface area (Å²) in [5.74, 6) is 0.835. The second-order valence-corrected chi connectivity index (χ2v) is 7.36. The van der Waals surface area contributed by atoms with Gasteiger partial charge in [0.2, 0.25) is 0 Å². The molecular formula is C21H27N3S. The van der Waals surface area contributed by atoms with Crippen LogP contribution in [0.25, 0.3) is 0 Å². The molecule has 0 aliphatic carbocycles. The number of benzene rings is 1. The maximum atomic E-state index is 4.78. The average Bonchev–Trinajstić information content (AvgIpc) is 2.99. The maximum Gasteiger partial charge on any atom is 0.0668 e. The number of allylic oxidation sites excluding steroid dienone is 2. The number of hydrogen-bond donors (Lipinski definition) is 1. The highest BCUT2D eigenvalue weighted by molar-refractivity contribution is 8.03. The molecule has 0 bridgehead atoms. The Morgan fingerprint density at radius 3 is 2.76 bits per heavy atom. The van der Waals surface area contributed by atoms with Gasteiger partial charge in [-0.25, -0.2) is 0 Å². The Bertz CT molecular complexity index is 765. The molecule has 0 saturated carbocycles. The molecule has 3 nitrogen and oxygen atoms in total. The monoisotopic (exact) mass is 353 g/mol. The van der Waals surface area contributed by atoms with Crippen LogP contribution in [0.5, 0.6) is 0 Å². The molecule has 1 aliphatic heterocycles. The normalized spacial score (nSPS) is 12.7. The minimum atomic E-state index is 0.826. The molecule has 4 heteroatoms. The number of aryl methyl sites for hydroxylation is 1. The van der Waals surface area contributed by atoms with Crippen LogP contribution in [0.15, 0.2) is 63.2 Å². The Labute approximate surface area is 155 Å². The number of thioether (sulfide) groups is 1. The first-order valence-corrected chi connectivity index (χ1v) is 9.49. The molecule has 132 valence electrons. The first-order valence-electron chi connectivity index (χ1n) is 8.50. The predicted octanol–water partition coefficient (Wildman–Crippen LogP) is 5.22. The standard InChI is InChI=1S/C21H27N3S/c1-7-17-8-9-18-11-19(24-21(18)10-17)13-25-16(5)23-15(4)20(12-22-6)14(2)3/h8-10,12,23H,4-5,7,11,13H2,1-3,6H3/b22-12-. The smallest absolute Gasteiger partial charge is 0.0668 e. The molecule has 1 aromatic carbocycles. The van der Waals surface area contributed by atoms with Crippen molar-refractivity contribution >= 4 is 29.4 Å². The largest absolute Gasteiger partial charge is 0.351 e. The summed E-state index contributed by atoms with van der Waals surface area (Å²) >= 11 is 1.67. The van der Waals surface area contributed by atoms with E-state index in [0.29, 0.717) is 0 Å². The summed E-state index contributed by atoms with van der Waals surface area (Å²) in [6, 6.07) is 6.60. The Hall–Kier alpha value is -2.07. The van der Waals surface area contributed by atoms with Crippen LogP contribution in [0.2, 0.25) is 0 Å². The Morgan fingerprint density at radius 2 is 2.12 bits per heavy atom. The molecule has 2 rings (SSSR count). The van der Waals surface area contributed by atoms with Gasteiger partial charge in [0.15, 0.2) is 0 Å². The van der Waals surface area contributed by atoms with Gasteiger partial charge in [-0.05, 0) is 37.5 Å². The fourth-order valence-electron chi connectivity index (χ4n) is 2.68. The van der Waals surface area contributed by atoms with Gasteiger partial charge in [-0.3, -0.25) is 9.98 Å². The minimum Gasteiger partial charge on any atom is -0.351 e. The van der Waals surface area contributed by atoms with Crippen molar-refractivity contribution in [3.05, 3.63) is 64.4 Å². The fourth-order valence-corrected chi connectivity index (χ4v) is 3.38. The molecule has 1 heterocycles. The van der Waals surface area contributed by atoms with Gasteiger partial charge in [0, 0.05) is 42.4 Å². The molecule has 1 aliphatic rings. The molecule has 0 radical (unpaired) electrons. The number of fused-ring (bicyclic) bond motifs is 1. The zero-order valence-corrected chi connectivity index (χ0v) is 16.5. The third kappa shape index (κ3) is 5.20. The van der Waals surface area contributed by atoms with Crippen LogP contribution in [0.1, 0.15) is 31.9 Å². The molecule has 0 saturated heterocycles. The van der Waals surface area contributed by atoms with Crippen molar-refractivity contribution in [2.45, 2.75) is 33.6 Å². The van der Waals surface area contributed by atoms with Gasteiger partial charge in [0.1, 0.15) is 0 Å². The Balaban J connectivity index is 1.91. The number of nitrogens with zero attached hydrogens (tertiary/aromatic N) is 2. The maximum absolute atomic E-state index is 4.78. The van der Waals surface area contributed by atoms with Gasteiger partial charge >= 0.3 is 0 Å². The molecular weight excluding hydrogens is 326 g/mol. The lowest BCUT2D eigenvalue weighted by molar-refractivity contribution is 1.07. The highest BCUT2D eigenvalue weighted by atomic mass is 32.2. The van der Waals surface area contributed by atoms with Gasteiger partial charge in [-0.15, -0.1) is 11.8 Å². The summed E-state index contributed by atoms with van der Waals surface area (Å²) in [6.07, 6.45) is 3.80. The first-order chi connectivity index (χ1) is 11.9. The van der Waals surface area contributed by atoms with E-state index in [4.69, 9.17) is 4.99 Å². The lowest BCUT2D eigenvalue weighted by Crippen LogP contribution is -2.14. The Kier molecular flexibility index (Phi) is 6.82. The second-order valence-electron chi connectivity index (χ2n) is 6.29. The van der Waals surface area contributed by atoms with Crippen LogP contribution in [-0.2, 0) is 12.8 Å². The summed E-state index contributed by atoms with van der Waals surface area (Å²) in [6.45, 7) is 14.5. The van der Waals surface area contributed by atoms with E-state index in [1.54, 1.807) is 18.8 Å². The number of hydrogen-bond acceptors (Lipinski definition) is 4. The summed E-state index contributed by atoms with van der Waals surface area (Å²) in [5, 5.41) is 4.16. The predicted molar refractivity (Wildman–Crippen MR) is 113 cm³/mol. The molecule has 1 aromatic rings. The SMILES string of the molecule is C=C(NC(=C)C(/C=N\C)=C(C)C)SCC1=Nc2cc(CC)ccc2C1. The Morgan fingerprint density at radius 1 is 1.36 bits per heavy atom. The van der Waals surface area contributed by atoms with Crippen molar-refractivity contribution in [1.82, 2.24) is 5.32 Å². The summed E-state index contributed by atoms with van der Waals surface area (Å²) in [5.41, 5.74) is 7.99. The quantitative estimate of drug-likeness (QED) is 0.514. The van der Waals surface area contributed by atoms with Crippen LogP contribution in [0.4, 0.5) is 5.69 Å². The van der Waals surface area contributed by atoms with E-state index < -0.39 is 0 Å². The van der Waals surface area contributed by atoms with Crippen molar-refractivity contribution in [3.8, 4) is 0 Å². The third-order valence-electron chi connectivity index (χ3n) is 4.06. The second kappa shape index (κ2) is 8.86. The zero-order chi connectivity index (χ0) is 18.4. The van der Waals surface area contributed by atoms with E-state index in [1.807, 2.05) is 6.21 Å². The third-order valence-corrected chi connectivity index (χ3v) is 4.98. The van der Waals surface area contributed by atoms with Crippen molar-refractivity contribution in [2.75, 3.05) is 12.8 Å². The van der Waals surface area contributed by atoms with Crippen molar-refractivity contribution < 1.29 is 0 Å². The van der Waals surface area contributed by atoms with Gasteiger partial charge < -0.3 is 5.32 Å². The average molecular weight is 354 g/mol. The number of rotatable bonds is 8. The van der Waals surface area contributed by atoms with E-state index in [2.05, 4.69) is 62.4 Å². The topological polar surface area (TPSA) is 36.8 Å². The lowest BCUT2D eigenvalue weighted by Gasteiger charge is -2.13. The molecule has 0 fully saturated rings. The van der Waals surface area contributed by atoms with E-state index >= 15 is 0 Å².